The van der Waals surface area contributed by atoms with Gasteiger partial charge < -0.3 is 4.74 Å². The smallest absolute Gasteiger partial charge is 0.224 e. The number of nitrogens with zero attached hydrogens (tertiary/aromatic N) is 2. The summed E-state index contributed by atoms with van der Waals surface area (Å²) in [6, 6.07) is 21.0. The molecule has 3 nitrogen and oxygen atoms in total. The quantitative estimate of drug-likeness (QED) is 0.444. The van der Waals surface area contributed by atoms with Crippen molar-refractivity contribution >= 4 is 38.1 Å². The van der Waals surface area contributed by atoms with Gasteiger partial charge in [-0.15, -0.1) is 0 Å². The second-order valence-electron chi connectivity index (χ2n) is 5.71. The number of fused-ring (bicyclic) bond motifs is 7. The SMILES string of the molecule is COc1nc2c3c(ccc4ccccc43)cn2c2ccccc12. The Hall–Kier alpha value is -3.07. The van der Waals surface area contributed by atoms with E-state index in [1.54, 1.807) is 7.11 Å². The molecule has 0 fully saturated rings. The maximum absolute atomic E-state index is 5.54. The van der Waals surface area contributed by atoms with Gasteiger partial charge in [0.25, 0.3) is 0 Å². The monoisotopic (exact) mass is 298 g/mol. The third kappa shape index (κ3) is 1.62. The van der Waals surface area contributed by atoms with Gasteiger partial charge in [-0.2, -0.15) is 4.98 Å². The zero-order chi connectivity index (χ0) is 15.4. The number of rotatable bonds is 1. The minimum Gasteiger partial charge on any atom is -0.480 e. The fourth-order valence-electron chi connectivity index (χ4n) is 3.44. The first-order chi connectivity index (χ1) is 11.4. The molecule has 0 bridgehead atoms. The van der Waals surface area contributed by atoms with Crippen LogP contribution < -0.4 is 4.74 Å². The average Bonchev–Trinajstić information content (AvgIpc) is 3.00. The van der Waals surface area contributed by atoms with Crippen molar-refractivity contribution in [2.75, 3.05) is 7.11 Å². The number of methoxy groups -OCH3 is 1. The van der Waals surface area contributed by atoms with Crippen LogP contribution in [0.15, 0.2) is 66.9 Å². The number of benzene rings is 3. The Morgan fingerprint density at radius 3 is 2.43 bits per heavy atom. The number of hydrogen-bond acceptors (Lipinski definition) is 2. The van der Waals surface area contributed by atoms with Gasteiger partial charge in [0.05, 0.1) is 18.0 Å². The van der Waals surface area contributed by atoms with Crippen LogP contribution in [0, 0.1) is 0 Å². The molecule has 5 rings (SSSR count). The van der Waals surface area contributed by atoms with Crippen molar-refractivity contribution in [1.29, 1.82) is 0 Å². The van der Waals surface area contributed by atoms with Crippen molar-refractivity contribution in [2.24, 2.45) is 0 Å². The van der Waals surface area contributed by atoms with Gasteiger partial charge >= 0.3 is 0 Å². The Balaban J connectivity index is 2.11. The van der Waals surface area contributed by atoms with E-state index in [2.05, 4.69) is 53.1 Å². The molecular weight excluding hydrogens is 284 g/mol. The first-order valence-corrected chi connectivity index (χ1v) is 7.62. The maximum Gasteiger partial charge on any atom is 0.224 e. The van der Waals surface area contributed by atoms with Crippen molar-refractivity contribution in [2.45, 2.75) is 0 Å². The van der Waals surface area contributed by atoms with Crippen LogP contribution in [0.2, 0.25) is 0 Å². The lowest BCUT2D eigenvalue weighted by Gasteiger charge is -2.07. The van der Waals surface area contributed by atoms with Crippen LogP contribution in [0.3, 0.4) is 0 Å². The summed E-state index contributed by atoms with van der Waals surface area (Å²) in [5.74, 6) is 0.668. The van der Waals surface area contributed by atoms with Gasteiger partial charge in [-0.3, -0.25) is 4.40 Å². The third-order valence-corrected chi connectivity index (χ3v) is 4.48. The highest BCUT2D eigenvalue weighted by molar-refractivity contribution is 6.15. The Kier molecular flexibility index (Phi) is 2.42. The zero-order valence-corrected chi connectivity index (χ0v) is 12.7. The maximum atomic E-state index is 5.54. The topological polar surface area (TPSA) is 26.5 Å². The summed E-state index contributed by atoms with van der Waals surface area (Å²) in [6.45, 7) is 0. The Morgan fingerprint density at radius 1 is 0.826 bits per heavy atom. The van der Waals surface area contributed by atoms with E-state index in [9.17, 15) is 0 Å². The molecule has 5 aromatic rings. The van der Waals surface area contributed by atoms with E-state index in [1.165, 1.54) is 21.5 Å². The first kappa shape index (κ1) is 12.5. The molecule has 23 heavy (non-hydrogen) atoms. The normalized spacial score (nSPS) is 11.7. The van der Waals surface area contributed by atoms with E-state index >= 15 is 0 Å². The van der Waals surface area contributed by atoms with Gasteiger partial charge in [-0.25, -0.2) is 0 Å². The molecule has 0 aliphatic heterocycles. The number of para-hydroxylation sites is 1. The average molecular weight is 298 g/mol. The molecule has 110 valence electrons. The minimum absolute atomic E-state index is 0.668. The van der Waals surface area contributed by atoms with Crippen molar-refractivity contribution < 1.29 is 4.74 Å². The molecule has 0 N–H and O–H groups in total. The Bertz CT molecular complexity index is 1200. The summed E-state index contributed by atoms with van der Waals surface area (Å²) in [6.07, 6.45) is 2.16. The standard InChI is InChI=1S/C20H14N2O/c1-23-20-16-8-4-5-9-17(16)22-12-14-11-10-13-6-2-3-7-15(13)18(14)19(22)21-20/h2-12H,1H3. The largest absolute Gasteiger partial charge is 0.480 e. The minimum atomic E-state index is 0.668. The fraction of sp³-hybridized carbons (Fsp3) is 0.0500. The lowest BCUT2D eigenvalue weighted by molar-refractivity contribution is 0.404. The summed E-state index contributed by atoms with van der Waals surface area (Å²) in [5.41, 5.74) is 2.04. The predicted octanol–water partition coefficient (Wildman–Crippen LogP) is 4.80. The van der Waals surface area contributed by atoms with E-state index in [0.29, 0.717) is 5.88 Å². The molecule has 0 spiro atoms. The summed E-state index contributed by atoms with van der Waals surface area (Å²) in [5, 5.41) is 5.83. The molecule has 2 aromatic heterocycles. The Labute approximate surface area is 132 Å². The first-order valence-electron chi connectivity index (χ1n) is 7.62. The van der Waals surface area contributed by atoms with Gasteiger partial charge in [0, 0.05) is 17.0 Å². The van der Waals surface area contributed by atoms with E-state index in [4.69, 9.17) is 9.72 Å². The number of ether oxygens (including phenoxy) is 1. The molecule has 0 amide bonds. The molecule has 2 heterocycles. The van der Waals surface area contributed by atoms with E-state index in [0.717, 1.165) is 16.6 Å². The van der Waals surface area contributed by atoms with E-state index < -0.39 is 0 Å². The van der Waals surface area contributed by atoms with Crippen LogP contribution in [0.25, 0.3) is 38.1 Å². The zero-order valence-electron chi connectivity index (χ0n) is 12.7. The second-order valence-corrected chi connectivity index (χ2v) is 5.71. The van der Waals surface area contributed by atoms with Crippen LogP contribution in [0.5, 0.6) is 5.88 Å². The highest BCUT2D eigenvalue weighted by Crippen LogP contribution is 2.33. The van der Waals surface area contributed by atoms with Crippen molar-refractivity contribution in [3.63, 3.8) is 0 Å². The highest BCUT2D eigenvalue weighted by Gasteiger charge is 2.13. The second kappa shape index (κ2) is 4.46. The van der Waals surface area contributed by atoms with E-state index in [1.807, 2.05) is 18.2 Å². The van der Waals surface area contributed by atoms with E-state index in [-0.39, 0.29) is 0 Å². The number of hydrogen-bond donors (Lipinski definition) is 0. The van der Waals surface area contributed by atoms with Crippen LogP contribution in [0.1, 0.15) is 0 Å². The third-order valence-electron chi connectivity index (χ3n) is 4.48. The molecule has 0 saturated carbocycles. The van der Waals surface area contributed by atoms with Crippen molar-refractivity contribution in [1.82, 2.24) is 9.38 Å². The molecule has 3 heteroatoms. The molecule has 0 aliphatic rings. The molecule has 0 unspecified atom stereocenters. The molecule has 0 saturated heterocycles. The lowest BCUT2D eigenvalue weighted by Crippen LogP contribution is -1.95. The fourth-order valence-corrected chi connectivity index (χ4v) is 3.44. The summed E-state index contributed by atoms with van der Waals surface area (Å²) < 4.78 is 7.70. The van der Waals surface area contributed by atoms with Gasteiger partial charge in [0.15, 0.2) is 0 Å². The molecular formula is C20H14N2O. The van der Waals surface area contributed by atoms with Gasteiger partial charge in [-0.05, 0) is 22.9 Å². The van der Waals surface area contributed by atoms with Crippen LogP contribution in [-0.2, 0) is 0 Å². The molecule has 0 aliphatic carbocycles. The summed E-state index contributed by atoms with van der Waals surface area (Å²) >= 11 is 0. The molecule has 0 radical (unpaired) electrons. The van der Waals surface area contributed by atoms with Crippen LogP contribution in [0.4, 0.5) is 0 Å². The molecule has 0 atom stereocenters. The molecule has 3 aromatic carbocycles. The summed E-state index contributed by atoms with van der Waals surface area (Å²) in [7, 11) is 1.68. The predicted molar refractivity (Wildman–Crippen MR) is 94.3 cm³/mol. The number of aromatic nitrogens is 2. The Morgan fingerprint density at radius 2 is 1.57 bits per heavy atom. The van der Waals surface area contributed by atoms with Crippen molar-refractivity contribution in [3.05, 3.63) is 66.9 Å². The lowest BCUT2D eigenvalue weighted by atomic mass is 10.1. The summed E-state index contributed by atoms with van der Waals surface area (Å²) in [4.78, 5) is 4.80. The van der Waals surface area contributed by atoms with Gasteiger partial charge in [0.2, 0.25) is 5.88 Å². The van der Waals surface area contributed by atoms with Crippen LogP contribution in [-0.4, -0.2) is 16.5 Å². The van der Waals surface area contributed by atoms with Gasteiger partial charge in [-0.1, -0.05) is 48.5 Å². The highest BCUT2D eigenvalue weighted by atomic mass is 16.5. The van der Waals surface area contributed by atoms with Crippen molar-refractivity contribution in [3.8, 4) is 5.88 Å². The van der Waals surface area contributed by atoms with Crippen LogP contribution >= 0.6 is 0 Å². The van der Waals surface area contributed by atoms with Gasteiger partial charge in [0.1, 0.15) is 5.65 Å².